The van der Waals surface area contributed by atoms with Crippen molar-refractivity contribution in [3.05, 3.63) is 28.8 Å². The highest BCUT2D eigenvalue weighted by molar-refractivity contribution is 7.17. The fourth-order valence-electron chi connectivity index (χ4n) is 4.69. The van der Waals surface area contributed by atoms with Crippen LogP contribution in [0.4, 0.5) is 0 Å². The number of aromatic nitrogens is 1. The molecule has 2 fully saturated rings. The van der Waals surface area contributed by atoms with Gasteiger partial charge in [0.05, 0.1) is 19.9 Å². The molecule has 1 aliphatic carbocycles. The van der Waals surface area contributed by atoms with Gasteiger partial charge in [0.15, 0.2) is 11.5 Å². The maximum absolute atomic E-state index is 13.4. The van der Waals surface area contributed by atoms with Crippen LogP contribution in [0.5, 0.6) is 11.5 Å². The SMILES string of the molecule is COc1ccc(-c2nc(C)c(C(=O)N3CCCC4CCCCC43)s2)cc1OC. The first-order valence-electron chi connectivity index (χ1n) is 10.1. The Labute approximate surface area is 170 Å². The summed E-state index contributed by atoms with van der Waals surface area (Å²) in [4.78, 5) is 21.0. The normalized spacial score (nSPS) is 21.9. The van der Waals surface area contributed by atoms with E-state index in [2.05, 4.69) is 4.90 Å². The summed E-state index contributed by atoms with van der Waals surface area (Å²) in [6, 6.07) is 6.18. The van der Waals surface area contributed by atoms with Crippen LogP contribution < -0.4 is 9.47 Å². The smallest absolute Gasteiger partial charge is 0.266 e. The van der Waals surface area contributed by atoms with Crippen molar-refractivity contribution in [2.24, 2.45) is 5.92 Å². The number of thiazole rings is 1. The van der Waals surface area contributed by atoms with E-state index >= 15 is 0 Å². The molecule has 1 aromatic carbocycles. The number of hydrogen-bond donors (Lipinski definition) is 0. The van der Waals surface area contributed by atoms with E-state index in [1.807, 2.05) is 25.1 Å². The topological polar surface area (TPSA) is 51.7 Å². The molecule has 1 saturated heterocycles. The second-order valence-corrected chi connectivity index (χ2v) is 8.76. The molecule has 2 aromatic rings. The van der Waals surface area contributed by atoms with E-state index in [0.717, 1.165) is 40.5 Å². The van der Waals surface area contributed by atoms with Gasteiger partial charge in [-0.25, -0.2) is 4.98 Å². The number of hydrogen-bond acceptors (Lipinski definition) is 5. The molecule has 1 aromatic heterocycles. The van der Waals surface area contributed by atoms with Gasteiger partial charge in [-0.1, -0.05) is 12.8 Å². The van der Waals surface area contributed by atoms with Gasteiger partial charge in [-0.15, -0.1) is 11.3 Å². The number of methoxy groups -OCH3 is 2. The van der Waals surface area contributed by atoms with Gasteiger partial charge in [0.2, 0.25) is 0 Å². The first-order valence-corrected chi connectivity index (χ1v) is 10.9. The van der Waals surface area contributed by atoms with E-state index in [1.165, 1.54) is 37.0 Å². The number of fused-ring (bicyclic) bond motifs is 1. The molecule has 1 aliphatic heterocycles. The second kappa shape index (κ2) is 8.11. The molecule has 2 heterocycles. The summed E-state index contributed by atoms with van der Waals surface area (Å²) in [5, 5.41) is 0.846. The maximum atomic E-state index is 13.4. The first kappa shape index (κ1) is 19.2. The molecule has 2 atom stereocenters. The standard InChI is InChI=1S/C22H28N2O3S/c1-14-20(22(25)24-12-6-8-15-7-4-5-9-17(15)24)28-21(23-14)16-10-11-18(26-2)19(13-16)27-3/h10-11,13,15,17H,4-9,12H2,1-3H3. The first-order chi connectivity index (χ1) is 13.6. The number of nitrogens with zero attached hydrogens (tertiary/aromatic N) is 2. The lowest BCUT2D eigenvalue weighted by atomic mass is 9.78. The van der Waals surface area contributed by atoms with Crippen molar-refractivity contribution in [3.8, 4) is 22.1 Å². The molecule has 0 N–H and O–H groups in total. The monoisotopic (exact) mass is 400 g/mol. The van der Waals surface area contributed by atoms with E-state index < -0.39 is 0 Å². The van der Waals surface area contributed by atoms with Gasteiger partial charge < -0.3 is 14.4 Å². The van der Waals surface area contributed by atoms with E-state index in [1.54, 1.807) is 14.2 Å². The second-order valence-electron chi connectivity index (χ2n) is 7.76. The average molecular weight is 401 g/mol. The summed E-state index contributed by atoms with van der Waals surface area (Å²) >= 11 is 1.49. The van der Waals surface area contributed by atoms with Crippen LogP contribution in [0.25, 0.3) is 10.6 Å². The number of carbonyl (C=O) groups is 1. The van der Waals surface area contributed by atoms with Crippen molar-refractivity contribution in [2.75, 3.05) is 20.8 Å². The van der Waals surface area contributed by atoms with Gasteiger partial charge in [0, 0.05) is 18.2 Å². The minimum atomic E-state index is 0.165. The summed E-state index contributed by atoms with van der Waals surface area (Å²) < 4.78 is 10.7. The highest BCUT2D eigenvalue weighted by Crippen LogP contribution is 2.38. The van der Waals surface area contributed by atoms with Crippen molar-refractivity contribution in [1.29, 1.82) is 0 Å². The number of amides is 1. The number of likely N-dealkylation sites (tertiary alicyclic amines) is 1. The van der Waals surface area contributed by atoms with Gasteiger partial charge in [-0.2, -0.15) is 0 Å². The molecule has 5 nitrogen and oxygen atoms in total. The number of piperidine rings is 1. The van der Waals surface area contributed by atoms with E-state index in [9.17, 15) is 4.79 Å². The zero-order valence-corrected chi connectivity index (χ0v) is 17.7. The molecule has 2 aliphatic rings. The van der Waals surface area contributed by atoms with Crippen LogP contribution in [0.15, 0.2) is 18.2 Å². The van der Waals surface area contributed by atoms with Crippen molar-refractivity contribution >= 4 is 17.2 Å². The largest absolute Gasteiger partial charge is 0.493 e. The minimum Gasteiger partial charge on any atom is -0.493 e. The van der Waals surface area contributed by atoms with Crippen LogP contribution in [0.2, 0.25) is 0 Å². The third kappa shape index (κ3) is 3.50. The summed E-state index contributed by atoms with van der Waals surface area (Å²) in [6.07, 6.45) is 7.36. The summed E-state index contributed by atoms with van der Waals surface area (Å²) in [5.41, 5.74) is 1.76. The Hall–Kier alpha value is -2.08. The Morgan fingerprint density at radius 1 is 1.11 bits per heavy atom. The maximum Gasteiger partial charge on any atom is 0.266 e. The number of aryl methyl sites for hydroxylation is 1. The molecule has 2 unspecified atom stereocenters. The Balaban J connectivity index is 1.61. The van der Waals surface area contributed by atoms with Gasteiger partial charge >= 0.3 is 0 Å². The number of rotatable bonds is 4. The number of carbonyl (C=O) groups excluding carboxylic acids is 1. The predicted molar refractivity (Wildman–Crippen MR) is 111 cm³/mol. The average Bonchev–Trinajstić information content (AvgIpc) is 3.13. The molecule has 4 rings (SSSR count). The van der Waals surface area contributed by atoms with Crippen molar-refractivity contribution in [1.82, 2.24) is 9.88 Å². The third-order valence-corrected chi connectivity index (χ3v) is 7.32. The minimum absolute atomic E-state index is 0.165. The molecule has 1 amide bonds. The lowest BCUT2D eigenvalue weighted by Crippen LogP contribution is -2.49. The van der Waals surface area contributed by atoms with Crippen molar-refractivity contribution < 1.29 is 14.3 Å². The summed E-state index contributed by atoms with van der Waals surface area (Å²) in [5.74, 6) is 2.21. The van der Waals surface area contributed by atoms with E-state index in [4.69, 9.17) is 14.5 Å². The fourth-order valence-corrected chi connectivity index (χ4v) is 5.71. The molecular weight excluding hydrogens is 372 g/mol. The van der Waals surface area contributed by atoms with E-state index in [0.29, 0.717) is 23.5 Å². The van der Waals surface area contributed by atoms with E-state index in [-0.39, 0.29) is 5.91 Å². The third-order valence-electron chi connectivity index (χ3n) is 6.13. The Bertz CT molecular complexity index is 861. The molecule has 0 bridgehead atoms. The molecule has 0 spiro atoms. The van der Waals surface area contributed by atoms with Crippen LogP contribution in [-0.2, 0) is 0 Å². The summed E-state index contributed by atoms with van der Waals surface area (Å²) in [6.45, 7) is 2.82. The van der Waals surface area contributed by atoms with Gasteiger partial charge in [-0.3, -0.25) is 4.79 Å². The van der Waals surface area contributed by atoms with Crippen LogP contribution in [0, 0.1) is 12.8 Å². The Morgan fingerprint density at radius 3 is 2.64 bits per heavy atom. The van der Waals surface area contributed by atoms with Gasteiger partial charge in [0.25, 0.3) is 5.91 Å². The van der Waals surface area contributed by atoms with Gasteiger partial charge in [-0.05, 0) is 56.7 Å². The molecule has 150 valence electrons. The fraction of sp³-hybridized carbons (Fsp3) is 0.545. The molecule has 1 saturated carbocycles. The molecule has 6 heteroatoms. The number of benzene rings is 1. The predicted octanol–water partition coefficient (Wildman–Crippen LogP) is 4.93. The zero-order chi connectivity index (χ0) is 19.7. The number of ether oxygens (including phenoxy) is 2. The highest BCUT2D eigenvalue weighted by atomic mass is 32.1. The molecule has 0 radical (unpaired) electrons. The van der Waals surface area contributed by atoms with Crippen LogP contribution >= 0.6 is 11.3 Å². The van der Waals surface area contributed by atoms with Crippen LogP contribution in [0.1, 0.15) is 53.9 Å². The van der Waals surface area contributed by atoms with Crippen molar-refractivity contribution in [3.63, 3.8) is 0 Å². The van der Waals surface area contributed by atoms with Gasteiger partial charge in [0.1, 0.15) is 9.88 Å². The Morgan fingerprint density at radius 2 is 1.86 bits per heavy atom. The zero-order valence-electron chi connectivity index (χ0n) is 16.9. The van der Waals surface area contributed by atoms with Crippen LogP contribution in [-0.4, -0.2) is 42.6 Å². The Kier molecular flexibility index (Phi) is 5.58. The van der Waals surface area contributed by atoms with Crippen LogP contribution in [0.3, 0.4) is 0 Å². The highest BCUT2D eigenvalue weighted by Gasteiger charge is 2.37. The lowest BCUT2D eigenvalue weighted by Gasteiger charge is -2.44. The lowest BCUT2D eigenvalue weighted by molar-refractivity contribution is 0.0394. The van der Waals surface area contributed by atoms with Crippen molar-refractivity contribution in [2.45, 2.75) is 51.5 Å². The quantitative estimate of drug-likeness (QED) is 0.730. The summed E-state index contributed by atoms with van der Waals surface area (Å²) in [7, 11) is 3.25. The molecular formula is C22H28N2O3S. The molecule has 28 heavy (non-hydrogen) atoms.